The second-order valence-corrected chi connectivity index (χ2v) is 3.10. The van der Waals surface area contributed by atoms with Gasteiger partial charge >= 0.3 is 0 Å². The summed E-state index contributed by atoms with van der Waals surface area (Å²) in [6.45, 7) is 0. The van der Waals surface area contributed by atoms with E-state index in [-0.39, 0.29) is 5.50 Å². The number of hydrogen-bond donors (Lipinski definition) is 0. The van der Waals surface area contributed by atoms with Gasteiger partial charge in [-0.2, -0.15) is 0 Å². The smallest absolute Gasteiger partial charge is 0.149 e. The van der Waals surface area contributed by atoms with Gasteiger partial charge in [-0.05, 0) is 0 Å². The standard InChI is InChI=1S/C4H3BrCl2N2/c5-9-2-3(6)8-1-4(9)7/h1-2,4H. The Kier molecular flexibility index (Phi) is 2.38. The van der Waals surface area contributed by atoms with E-state index in [0.29, 0.717) is 5.16 Å². The van der Waals surface area contributed by atoms with Gasteiger partial charge in [0.25, 0.3) is 0 Å². The average molecular weight is 230 g/mol. The topological polar surface area (TPSA) is 15.6 Å². The fourth-order valence-electron chi connectivity index (χ4n) is 0.403. The summed E-state index contributed by atoms with van der Waals surface area (Å²) in [6, 6.07) is 0. The predicted molar refractivity (Wildman–Crippen MR) is 42.8 cm³/mol. The second kappa shape index (κ2) is 2.90. The fourth-order valence-corrected chi connectivity index (χ4v) is 1.09. The zero-order valence-electron chi connectivity index (χ0n) is 4.26. The molecule has 5 heteroatoms. The summed E-state index contributed by atoms with van der Waals surface area (Å²) in [6.07, 6.45) is 3.14. The Labute approximate surface area is 71.5 Å². The van der Waals surface area contributed by atoms with Crippen LogP contribution in [-0.4, -0.2) is 15.6 Å². The number of hydrogen-bond acceptors (Lipinski definition) is 2. The quantitative estimate of drug-likeness (QED) is 0.354. The Hall–Kier alpha value is 0.270. The minimum Gasteiger partial charge on any atom is -0.290 e. The molecule has 1 unspecified atom stereocenters. The van der Waals surface area contributed by atoms with Crippen LogP contribution in [0.3, 0.4) is 0 Å². The van der Waals surface area contributed by atoms with E-state index in [4.69, 9.17) is 23.2 Å². The van der Waals surface area contributed by atoms with E-state index in [1.165, 1.54) is 0 Å². The van der Waals surface area contributed by atoms with Crippen LogP contribution in [-0.2, 0) is 0 Å². The third-order valence-corrected chi connectivity index (χ3v) is 2.19. The molecule has 0 amide bonds. The molecule has 0 aliphatic carbocycles. The number of halogens is 3. The molecule has 0 fully saturated rings. The van der Waals surface area contributed by atoms with Crippen LogP contribution < -0.4 is 0 Å². The second-order valence-electron chi connectivity index (χ2n) is 1.45. The molecule has 0 spiro atoms. The van der Waals surface area contributed by atoms with Crippen molar-refractivity contribution >= 4 is 45.6 Å². The molecule has 0 radical (unpaired) electrons. The lowest BCUT2D eigenvalue weighted by Gasteiger charge is -2.16. The van der Waals surface area contributed by atoms with Crippen LogP contribution in [0.2, 0.25) is 0 Å². The van der Waals surface area contributed by atoms with E-state index in [9.17, 15) is 0 Å². The number of rotatable bonds is 0. The zero-order valence-corrected chi connectivity index (χ0v) is 7.36. The van der Waals surface area contributed by atoms with Crippen LogP contribution >= 0.6 is 39.3 Å². The van der Waals surface area contributed by atoms with Gasteiger partial charge < -0.3 is 0 Å². The van der Waals surface area contributed by atoms with Crippen molar-refractivity contribution < 1.29 is 0 Å². The van der Waals surface area contributed by atoms with Crippen LogP contribution in [0, 0.1) is 0 Å². The van der Waals surface area contributed by atoms with Crippen molar-refractivity contribution in [1.82, 2.24) is 3.93 Å². The molecule has 0 saturated heterocycles. The molecule has 9 heavy (non-hydrogen) atoms. The summed E-state index contributed by atoms with van der Waals surface area (Å²) in [5.41, 5.74) is -0.243. The molecule has 0 N–H and O–H groups in total. The number of nitrogens with zero attached hydrogens (tertiary/aromatic N) is 2. The first kappa shape index (κ1) is 7.38. The van der Waals surface area contributed by atoms with Crippen molar-refractivity contribution in [2.24, 2.45) is 4.99 Å². The Morgan fingerprint density at radius 3 is 2.89 bits per heavy atom. The first-order chi connectivity index (χ1) is 4.20. The molecular formula is C4H3BrCl2N2. The lowest BCUT2D eigenvalue weighted by atomic mass is 10.6. The molecule has 0 aromatic rings. The Morgan fingerprint density at radius 2 is 2.44 bits per heavy atom. The third-order valence-electron chi connectivity index (χ3n) is 0.786. The number of aliphatic imine (C=N–C) groups is 1. The summed E-state index contributed by atoms with van der Waals surface area (Å²) < 4.78 is 1.59. The molecule has 0 bridgehead atoms. The molecule has 0 aromatic carbocycles. The predicted octanol–water partition coefficient (Wildman–Crippen LogP) is 2.29. The highest BCUT2D eigenvalue weighted by atomic mass is 79.9. The lowest BCUT2D eigenvalue weighted by Crippen LogP contribution is -2.19. The van der Waals surface area contributed by atoms with Gasteiger partial charge in [-0.25, -0.2) is 4.99 Å². The van der Waals surface area contributed by atoms with Crippen LogP contribution in [0.1, 0.15) is 0 Å². The lowest BCUT2D eigenvalue weighted by molar-refractivity contribution is 0.687. The van der Waals surface area contributed by atoms with Gasteiger partial charge in [0, 0.05) is 6.21 Å². The highest BCUT2D eigenvalue weighted by Crippen LogP contribution is 2.18. The number of alkyl halides is 1. The van der Waals surface area contributed by atoms with Crippen LogP contribution in [0.15, 0.2) is 16.3 Å². The molecule has 50 valence electrons. The summed E-state index contributed by atoms with van der Waals surface area (Å²) in [7, 11) is 0. The molecule has 1 aliphatic heterocycles. The van der Waals surface area contributed by atoms with Crippen molar-refractivity contribution in [3.63, 3.8) is 0 Å². The van der Waals surface area contributed by atoms with Crippen molar-refractivity contribution in [2.75, 3.05) is 0 Å². The summed E-state index contributed by atoms with van der Waals surface area (Å²) in [5.74, 6) is 0. The highest BCUT2D eigenvalue weighted by molar-refractivity contribution is 9.07. The normalized spacial score (nSPS) is 26.3. The maximum Gasteiger partial charge on any atom is 0.149 e. The van der Waals surface area contributed by atoms with Gasteiger partial charge in [-0.15, -0.1) is 0 Å². The van der Waals surface area contributed by atoms with Gasteiger partial charge in [0.05, 0.1) is 22.3 Å². The summed E-state index contributed by atoms with van der Waals surface area (Å²) in [4.78, 5) is 3.76. The summed E-state index contributed by atoms with van der Waals surface area (Å²) in [5, 5.41) is 0.420. The fraction of sp³-hybridized carbons (Fsp3) is 0.250. The minimum absolute atomic E-state index is 0.243. The van der Waals surface area contributed by atoms with E-state index in [2.05, 4.69) is 21.1 Å². The molecule has 1 heterocycles. The van der Waals surface area contributed by atoms with Gasteiger partial charge in [0.1, 0.15) is 10.7 Å². The van der Waals surface area contributed by atoms with E-state index in [1.54, 1.807) is 16.3 Å². The summed E-state index contributed by atoms with van der Waals surface area (Å²) >= 11 is 14.3. The van der Waals surface area contributed by atoms with E-state index < -0.39 is 0 Å². The van der Waals surface area contributed by atoms with Crippen LogP contribution in [0.25, 0.3) is 0 Å². The monoisotopic (exact) mass is 228 g/mol. The molecule has 1 aliphatic rings. The first-order valence-corrected chi connectivity index (χ1v) is 3.72. The third kappa shape index (κ3) is 1.85. The van der Waals surface area contributed by atoms with Gasteiger partial charge in [-0.3, -0.25) is 3.93 Å². The van der Waals surface area contributed by atoms with Gasteiger partial charge in [0.15, 0.2) is 0 Å². The molecule has 0 aromatic heterocycles. The van der Waals surface area contributed by atoms with Gasteiger partial charge in [-0.1, -0.05) is 23.2 Å². The Bertz CT molecular complexity index is 168. The van der Waals surface area contributed by atoms with Crippen LogP contribution in [0.5, 0.6) is 0 Å². The Morgan fingerprint density at radius 1 is 1.78 bits per heavy atom. The molecule has 0 saturated carbocycles. The SMILES string of the molecule is ClC1=CN(Br)C(Cl)C=N1. The van der Waals surface area contributed by atoms with E-state index in [1.807, 2.05) is 0 Å². The van der Waals surface area contributed by atoms with Crippen LogP contribution in [0.4, 0.5) is 0 Å². The first-order valence-electron chi connectivity index (χ1n) is 2.20. The maximum absolute atomic E-state index is 5.66. The van der Waals surface area contributed by atoms with Crippen molar-refractivity contribution in [2.45, 2.75) is 5.50 Å². The molecule has 2 nitrogen and oxygen atoms in total. The van der Waals surface area contributed by atoms with Crippen molar-refractivity contribution in [1.29, 1.82) is 0 Å². The van der Waals surface area contributed by atoms with E-state index >= 15 is 0 Å². The van der Waals surface area contributed by atoms with E-state index in [0.717, 1.165) is 0 Å². The zero-order chi connectivity index (χ0) is 6.85. The Balaban J connectivity index is 2.70. The van der Waals surface area contributed by atoms with Gasteiger partial charge in [0.2, 0.25) is 0 Å². The minimum atomic E-state index is -0.243. The molecule has 1 rings (SSSR count). The van der Waals surface area contributed by atoms with Crippen molar-refractivity contribution in [3.8, 4) is 0 Å². The van der Waals surface area contributed by atoms with Crippen molar-refractivity contribution in [3.05, 3.63) is 11.4 Å². The highest BCUT2D eigenvalue weighted by Gasteiger charge is 2.10. The largest absolute Gasteiger partial charge is 0.290 e. The molecular weight excluding hydrogens is 227 g/mol. The maximum atomic E-state index is 5.66. The molecule has 1 atom stereocenters. The average Bonchev–Trinajstić information content (AvgIpc) is 1.80.